The number of hydrogen-bond acceptors (Lipinski definition) is 1. The summed E-state index contributed by atoms with van der Waals surface area (Å²) < 4.78 is 5.68. The maximum Gasteiger partial charge on any atom is 0.122 e. The van der Waals surface area contributed by atoms with Gasteiger partial charge in [0.2, 0.25) is 0 Å². The summed E-state index contributed by atoms with van der Waals surface area (Å²) in [4.78, 5) is 0. The van der Waals surface area contributed by atoms with Gasteiger partial charge in [-0.25, -0.2) is 0 Å². The third kappa shape index (κ3) is 4.02. The lowest BCUT2D eigenvalue weighted by atomic mass is 9.93. The standard InChI is InChI=1S/C15H23BrO/c1-5-17-15-7-6-13(12(4)8-9-16)10-14(15)11(2)3/h6-7,10-12H,5,8-9H2,1-4H3. The Morgan fingerprint density at radius 3 is 2.47 bits per heavy atom. The van der Waals surface area contributed by atoms with E-state index in [1.54, 1.807) is 0 Å². The van der Waals surface area contributed by atoms with Gasteiger partial charge in [0.1, 0.15) is 5.75 Å². The van der Waals surface area contributed by atoms with Crippen LogP contribution in [0.5, 0.6) is 5.75 Å². The second-order valence-corrected chi connectivity index (χ2v) is 5.56. The first-order valence-electron chi connectivity index (χ1n) is 6.42. The maximum absolute atomic E-state index is 5.68. The van der Waals surface area contributed by atoms with E-state index >= 15 is 0 Å². The summed E-state index contributed by atoms with van der Waals surface area (Å²) in [7, 11) is 0. The number of halogens is 1. The summed E-state index contributed by atoms with van der Waals surface area (Å²) in [5.41, 5.74) is 2.74. The Kier molecular flexibility index (Phi) is 6.04. The molecule has 1 aromatic carbocycles. The van der Waals surface area contributed by atoms with E-state index in [0.717, 1.165) is 17.7 Å². The van der Waals surface area contributed by atoms with Crippen molar-refractivity contribution in [2.45, 2.75) is 46.0 Å². The number of hydrogen-bond donors (Lipinski definition) is 0. The molecular weight excluding hydrogens is 276 g/mol. The number of ether oxygens (including phenoxy) is 1. The van der Waals surface area contributed by atoms with E-state index < -0.39 is 0 Å². The van der Waals surface area contributed by atoms with E-state index in [-0.39, 0.29) is 0 Å². The molecule has 0 heterocycles. The van der Waals surface area contributed by atoms with Gasteiger partial charge in [-0.05, 0) is 42.4 Å². The molecule has 0 fully saturated rings. The molecule has 1 atom stereocenters. The van der Waals surface area contributed by atoms with Crippen LogP contribution in [0.25, 0.3) is 0 Å². The lowest BCUT2D eigenvalue weighted by molar-refractivity contribution is 0.335. The van der Waals surface area contributed by atoms with Crippen molar-refractivity contribution in [2.24, 2.45) is 0 Å². The van der Waals surface area contributed by atoms with Crippen LogP contribution in [0.3, 0.4) is 0 Å². The molecule has 0 amide bonds. The Morgan fingerprint density at radius 2 is 1.94 bits per heavy atom. The molecule has 0 N–H and O–H groups in total. The van der Waals surface area contributed by atoms with Crippen LogP contribution >= 0.6 is 15.9 Å². The fourth-order valence-corrected chi connectivity index (χ4v) is 2.63. The third-order valence-corrected chi connectivity index (χ3v) is 3.52. The van der Waals surface area contributed by atoms with E-state index in [1.807, 2.05) is 6.92 Å². The predicted molar refractivity (Wildman–Crippen MR) is 78.5 cm³/mol. The topological polar surface area (TPSA) is 9.23 Å². The first-order valence-corrected chi connectivity index (χ1v) is 7.54. The molecule has 0 bridgehead atoms. The monoisotopic (exact) mass is 298 g/mol. The molecule has 1 unspecified atom stereocenters. The summed E-state index contributed by atoms with van der Waals surface area (Å²) in [5, 5.41) is 1.05. The first kappa shape index (κ1) is 14.6. The average Bonchev–Trinajstić information content (AvgIpc) is 2.30. The average molecular weight is 299 g/mol. The van der Waals surface area contributed by atoms with Crippen molar-refractivity contribution in [1.82, 2.24) is 0 Å². The Hall–Kier alpha value is -0.500. The molecule has 0 saturated heterocycles. The molecule has 0 aliphatic carbocycles. The van der Waals surface area contributed by atoms with Crippen LogP contribution in [0.15, 0.2) is 18.2 Å². The van der Waals surface area contributed by atoms with Gasteiger partial charge in [0.25, 0.3) is 0 Å². The van der Waals surface area contributed by atoms with Gasteiger partial charge < -0.3 is 4.74 Å². The number of benzene rings is 1. The molecule has 1 nitrogen and oxygen atoms in total. The van der Waals surface area contributed by atoms with Gasteiger partial charge in [-0.1, -0.05) is 48.8 Å². The van der Waals surface area contributed by atoms with Crippen LogP contribution in [0.1, 0.15) is 57.1 Å². The van der Waals surface area contributed by atoms with Crippen LogP contribution in [0, 0.1) is 0 Å². The summed E-state index contributed by atoms with van der Waals surface area (Å²) in [5.74, 6) is 2.15. The zero-order valence-electron chi connectivity index (χ0n) is 11.3. The highest BCUT2D eigenvalue weighted by molar-refractivity contribution is 9.09. The van der Waals surface area contributed by atoms with E-state index in [9.17, 15) is 0 Å². The molecule has 0 aliphatic rings. The Morgan fingerprint density at radius 1 is 1.24 bits per heavy atom. The van der Waals surface area contributed by atoms with Gasteiger partial charge in [-0.3, -0.25) is 0 Å². The molecule has 0 spiro atoms. The third-order valence-electron chi connectivity index (χ3n) is 3.07. The van der Waals surface area contributed by atoms with Gasteiger partial charge in [0.15, 0.2) is 0 Å². The zero-order chi connectivity index (χ0) is 12.8. The van der Waals surface area contributed by atoms with Crippen molar-refractivity contribution < 1.29 is 4.74 Å². The SMILES string of the molecule is CCOc1ccc(C(C)CCBr)cc1C(C)C. The molecule has 0 aromatic heterocycles. The molecule has 17 heavy (non-hydrogen) atoms. The van der Waals surface area contributed by atoms with Crippen molar-refractivity contribution in [2.75, 3.05) is 11.9 Å². The molecule has 0 radical (unpaired) electrons. The van der Waals surface area contributed by atoms with E-state index in [2.05, 4.69) is 54.9 Å². The quantitative estimate of drug-likeness (QED) is 0.664. The number of alkyl halides is 1. The van der Waals surface area contributed by atoms with Gasteiger partial charge in [-0.15, -0.1) is 0 Å². The van der Waals surface area contributed by atoms with Crippen molar-refractivity contribution in [1.29, 1.82) is 0 Å². The van der Waals surface area contributed by atoms with E-state index in [4.69, 9.17) is 4.74 Å². The lowest BCUT2D eigenvalue weighted by Gasteiger charge is -2.17. The highest BCUT2D eigenvalue weighted by atomic mass is 79.9. The predicted octanol–water partition coefficient (Wildman–Crippen LogP) is 5.10. The molecule has 0 saturated carbocycles. The van der Waals surface area contributed by atoms with Gasteiger partial charge >= 0.3 is 0 Å². The summed E-state index contributed by atoms with van der Waals surface area (Å²) >= 11 is 3.51. The Labute approximate surface area is 114 Å². The van der Waals surface area contributed by atoms with E-state index in [0.29, 0.717) is 11.8 Å². The highest BCUT2D eigenvalue weighted by Gasteiger charge is 2.12. The van der Waals surface area contributed by atoms with Crippen LogP contribution in [-0.2, 0) is 0 Å². The lowest BCUT2D eigenvalue weighted by Crippen LogP contribution is -2.01. The zero-order valence-corrected chi connectivity index (χ0v) is 12.9. The van der Waals surface area contributed by atoms with E-state index in [1.165, 1.54) is 17.5 Å². The van der Waals surface area contributed by atoms with Crippen molar-refractivity contribution in [3.05, 3.63) is 29.3 Å². The smallest absolute Gasteiger partial charge is 0.122 e. The van der Waals surface area contributed by atoms with Crippen molar-refractivity contribution >= 4 is 15.9 Å². The summed E-state index contributed by atoms with van der Waals surface area (Å²) in [6.07, 6.45) is 1.17. The highest BCUT2D eigenvalue weighted by Crippen LogP contribution is 2.31. The Bertz CT molecular complexity index is 347. The Balaban J connectivity index is 3.00. The minimum absolute atomic E-state index is 0.507. The van der Waals surface area contributed by atoms with Crippen molar-refractivity contribution in [3.8, 4) is 5.75 Å². The van der Waals surface area contributed by atoms with Crippen LogP contribution < -0.4 is 4.74 Å². The fraction of sp³-hybridized carbons (Fsp3) is 0.600. The molecule has 2 heteroatoms. The number of rotatable bonds is 6. The maximum atomic E-state index is 5.68. The second-order valence-electron chi connectivity index (χ2n) is 4.76. The van der Waals surface area contributed by atoms with Gasteiger partial charge in [0, 0.05) is 5.33 Å². The van der Waals surface area contributed by atoms with Crippen LogP contribution in [-0.4, -0.2) is 11.9 Å². The first-order chi connectivity index (χ1) is 8.10. The van der Waals surface area contributed by atoms with Crippen molar-refractivity contribution in [3.63, 3.8) is 0 Å². The van der Waals surface area contributed by atoms with Crippen LogP contribution in [0.2, 0.25) is 0 Å². The molecular formula is C15H23BrO. The normalized spacial score (nSPS) is 12.8. The molecule has 96 valence electrons. The minimum Gasteiger partial charge on any atom is -0.494 e. The largest absolute Gasteiger partial charge is 0.494 e. The van der Waals surface area contributed by atoms with Gasteiger partial charge in [-0.2, -0.15) is 0 Å². The van der Waals surface area contributed by atoms with Crippen LogP contribution in [0.4, 0.5) is 0 Å². The molecule has 0 aliphatic heterocycles. The van der Waals surface area contributed by atoms with Gasteiger partial charge in [0.05, 0.1) is 6.61 Å². The molecule has 1 rings (SSSR count). The molecule has 1 aromatic rings. The minimum atomic E-state index is 0.507. The second kappa shape index (κ2) is 7.05. The summed E-state index contributed by atoms with van der Waals surface area (Å²) in [6, 6.07) is 6.63. The summed E-state index contributed by atoms with van der Waals surface area (Å²) in [6.45, 7) is 9.48. The fourth-order valence-electron chi connectivity index (χ4n) is 1.94.